The highest BCUT2D eigenvalue weighted by atomic mass is 79.9. The molecule has 0 fully saturated rings. The van der Waals surface area contributed by atoms with Crippen molar-refractivity contribution in [3.05, 3.63) is 28.2 Å². The molecule has 4 heteroatoms. The van der Waals surface area contributed by atoms with Gasteiger partial charge in [0.05, 0.1) is 17.1 Å². The van der Waals surface area contributed by atoms with Gasteiger partial charge in [-0.05, 0) is 34.8 Å². The molecule has 0 unspecified atom stereocenters. The van der Waals surface area contributed by atoms with Gasteiger partial charge in [-0.1, -0.05) is 28.1 Å². The van der Waals surface area contributed by atoms with Gasteiger partial charge in [0.1, 0.15) is 5.75 Å². The molecule has 0 saturated heterocycles. The van der Waals surface area contributed by atoms with Crippen LogP contribution in [0.4, 0.5) is 0 Å². The summed E-state index contributed by atoms with van der Waals surface area (Å²) >= 11 is 6.91. The summed E-state index contributed by atoms with van der Waals surface area (Å²) in [4.78, 5) is 0. The Labute approximate surface area is 113 Å². The molecule has 2 nitrogen and oxygen atoms in total. The zero-order valence-electron chi connectivity index (χ0n) is 8.88. The Hall–Kier alpha value is -0.530. The van der Waals surface area contributed by atoms with E-state index < -0.39 is 0 Å². The molecule has 0 atom stereocenters. The first-order valence-corrected chi connectivity index (χ1v) is 7.04. The van der Waals surface area contributed by atoms with E-state index in [2.05, 4.69) is 37.9 Å². The van der Waals surface area contributed by atoms with E-state index in [9.17, 15) is 0 Å². The summed E-state index contributed by atoms with van der Waals surface area (Å²) in [7, 11) is 0. The van der Waals surface area contributed by atoms with E-state index in [0.717, 1.165) is 34.0 Å². The Morgan fingerprint density at radius 1 is 1.31 bits per heavy atom. The highest BCUT2D eigenvalue weighted by molar-refractivity contribution is 9.10. The molecular formula is C12H13Br2NO. The number of benzene rings is 1. The second kappa shape index (κ2) is 7.70. The van der Waals surface area contributed by atoms with E-state index in [-0.39, 0.29) is 0 Å². The number of rotatable bonds is 6. The third kappa shape index (κ3) is 4.15. The van der Waals surface area contributed by atoms with Gasteiger partial charge in [0, 0.05) is 17.3 Å². The Balaban J connectivity index is 2.50. The number of nitriles is 1. The normalized spacial score (nSPS) is 9.81. The van der Waals surface area contributed by atoms with Gasteiger partial charge in [-0.25, -0.2) is 0 Å². The minimum Gasteiger partial charge on any atom is -0.492 e. The standard InChI is InChI=1S/C12H13Br2NO/c13-9-10-5-4-6-11(14)12(10)16-8-3-1-2-7-15/h4-6H,1-3,8-9H2. The van der Waals surface area contributed by atoms with Gasteiger partial charge in [0.15, 0.2) is 0 Å². The fraction of sp³-hybridized carbons (Fsp3) is 0.417. The molecule has 0 aliphatic rings. The molecule has 86 valence electrons. The third-order valence-corrected chi connectivity index (χ3v) is 3.35. The third-order valence-electron chi connectivity index (χ3n) is 2.12. The number of alkyl halides is 1. The summed E-state index contributed by atoms with van der Waals surface area (Å²) in [5.74, 6) is 0.899. The van der Waals surface area contributed by atoms with Gasteiger partial charge in [-0.2, -0.15) is 5.26 Å². The maximum absolute atomic E-state index is 8.40. The van der Waals surface area contributed by atoms with Crippen LogP contribution in [-0.4, -0.2) is 6.61 Å². The molecule has 0 bridgehead atoms. The first-order chi connectivity index (χ1) is 7.79. The molecular weight excluding hydrogens is 334 g/mol. The molecule has 0 radical (unpaired) electrons. The number of para-hydroxylation sites is 1. The van der Waals surface area contributed by atoms with Gasteiger partial charge in [0.2, 0.25) is 0 Å². The molecule has 0 spiro atoms. The van der Waals surface area contributed by atoms with Crippen LogP contribution >= 0.6 is 31.9 Å². The van der Waals surface area contributed by atoms with E-state index in [1.807, 2.05) is 18.2 Å². The van der Waals surface area contributed by atoms with Crippen molar-refractivity contribution in [1.29, 1.82) is 5.26 Å². The summed E-state index contributed by atoms with van der Waals surface area (Å²) in [6, 6.07) is 8.12. The van der Waals surface area contributed by atoms with Crippen molar-refractivity contribution >= 4 is 31.9 Å². The van der Waals surface area contributed by atoms with Crippen molar-refractivity contribution in [3.63, 3.8) is 0 Å². The number of nitrogens with zero attached hydrogens (tertiary/aromatic N) is 1. The lowest BCUT2D eigenvalue weighted by Gasteiger charge is -2.11. The highest BCUT2D eigenvalue weighted by Crippen LogP contribution is 2.30. The maximum Gasteiger partial charge on any atom is 0.137 e. The lowest BCUT2D eigenvalue weighted by molar-refractivity contribution is 0.303. The van der Waals surface area contributed by atoms with E-state index in [1.54, 1.807) is 0 Å². The summed E-state index contributed by atoms with van der Waals surface area (Å²) < 4.78 is 6.70. The molecule has 0 saturated carbocycles. The van der Waals surface area contributed by atoms with Crippen molar-refractivity contribution in [1.82, 2.24) is 0 Å². The number of ether oxygens (including phenoxy) is 1. The Bertz CT molecular complexity index is 374. The van der Waals surface area contributed by atoms with Crippen LogP contribution in [0.3, 0.4) is 0 Å². The van der Waals surface area contributed by atoms with Gasteiger partial charge in [0.25, 0.3) is 0 Å². The molecule has 0 heterocycles. The van der Waals surface area contributed by atoms with E-state index in [0.29, 0.717) is 13.0 Å². The fourth-order valence-corrected chi connectivity index (χ4v) is 2.26. The summed E-state index contributed by atoms with van der Waals surface area (Å²) in [6.45, 7) is 0.657. The summed E-state index contributed by atoms with van der Waals surface area (Å²) in [6.07, 6.45) is 2.41. The molecule has 1 rings (SSSR count). The predicted octanol–water partition coefficient (Wildman–Crippen LogP) is 4.42. The first-order valence-electron chi connectivity index (χ1n) is 5.12. The van der Waals surface area contributed by atoms with Crippen LogP contribution in [0.5, 0.6) is 5.75 Å². The quantitative estimate of drug-likeness (QED) is 0.564. The summed E-state index contributed by atoms with van der Waals surface area (Å²) in [5, 5.41) is 9.18. The van der Waals surface area contributed by atoms with Crippen LogP contribution in [0.25, 0.3) is 0 Å². The van der Waals surface area contributed by atoms with Crippen LogP contribution in [0.2, 0.25) is 0 Å². The largest absolute Gasteiger partial charge is 0.492 e. The number of halogens is 2. The van der Waals surface area contributed by atoms with Crippen LogP contribution in [0, 0.1) is 11.3 Å². The van der Waals surface area contributed by atoms with Crippen LogP contribution < -0.4 is 4.74 Å². The van der Waals surface area contributed by atoms with E-state index in [4.69, 9.17) is 10.00 Å². The minimum absolute atomic E-state index is 0.602. The smallest absolute Gasteiger partial charge is 0.137 e. The van der Waals surface area contributed by atoms with Crippen molar-refractivity contribution in [2.75, 3.05) is 6.61 Å². The van der Waals surface area contributed by atoms with Crippen LogP contribution in [0.1, 0.15) is 24.8 Å². The van der Waals surface area contributed by atoms with Gasteiger partial charge in [-0.15, -0.1) is 0 Å². The van der Waals surface area contributed by atoms with Crippen molar-refractivity contribution in [2.45, 2.75) is 24.6 Å². The molecule has 0 amide bonds. The number of hydrogen-bond donors (Lipinski definition) is 0. The predicted molar refractivity (Wildman–Crippen MR) is 71.7 cm³/mol. The molecule has 16 heavy (non-hydrogen) atoms. The highest BCUT2D eigenvalue weighted by Gasteiger charge is 2.06. The SMILES string of the molecule is N#CCCCCOc1c(Br)cccc1CBr. The van der Waals surface area contributed by atoms with E-state index >= 15 is 0 Å². The lowest BCUT2D eigenvalue weighted by Crippen LogP contribution is -2.00. The average Bonchev–Trinajstić information content (AvgIpc) is 2.30. The maximum atomic E-state index is 8.40. The number of unbranched alkanes of at least 4 members (excludes halogenated alkanes) is 2. The second-order valence-corrected chi connectivity index (χ2v) is 4.74. The van der Waals surface area contributed by atoms with Crippen molar-refractivity contribution in [2.24, 2.45) is 0 Å². The first kappa shape index (κ1) is 13.5. The molecule has 0 aromatic heterocycles. The zero-order valence-corrected chi connectivity index (χ0v) is 12.1. The summed E-state index contributed by atoms with van der Waals surface area (Å²) in [5.41, 5.74) is 1.13. The van der Waals surface area contributed by atoms with Crippen LogP contribution in [0.15, 0.2) is 22.7 Å². The molecule has 1 aromatic carbocycles. The topological polar surface area (TPSA) is 33.0 Å². The molecule has 0 N–H and O–H groups in total. The number of hydrogen-bond acceptors (Lipinski definition) is 2. The molecule has 0 aliphatic carbocycles. The van der Waals surface area contributed by atoms with Crippen LogP contribution in [-0.2, 0) is 5.33 Å². The Morgan fingerprint density at radius 2 is 2.12 bits per heavy atom. The van der Waals surface area contributed by atoms with Gasteiger partial charge in [-0.3, -0.25) is 0 Å². The molecule has 1 aromatic rings. The fourth-order valence-electron chi connectivity index (χ4n) is 1.30. The van der Waals surface area contributed by atoms with Crippen molar-refractivity contribution < 1.29 is 4.74 Å². The lowest BCUT2D eigenvalue weighted by atomic mass is 10.2. The molecule has 0 aliphatic heterocycles. The van der Waals surface area contributed by atoms with Gasteiger partial charge < -0.3 is 4.74 Å². The van der Waals surface area contributed by atoms with E-state index in [1.165, 1.54) is 0 Å². The van der Waals surface area contributed by atoms with Crippen molar-refractivity contribution in [3.8, 4) is 11.8 Å². The zero-order chi connectivity index (χ0) is 11.8. The average molecular weight is 347 g/mol. The van der Waals surface area contributed by atoms with Gasteiger partial charge >= 0.3 is 0 Å². The monoisotopic (exact) mass is 345 g/mol. The Morgan fingerprint density at radius 3 is 2.81 bits per heavy atom. The minimum atomic E-state index is 0.602. The Kier molecular flexibility index (Phi) is 6.51. The second-order valence-electron chi connectivity index (χ2n) is 3.33.